The highest BCUT2D eigenvalue weighted by Crippen LogP contribution is 2.66. The van der Waals surface area contributed by atoms with Gasteiger partial charge in [0.25, 0.3) is 11.8 Å². The van der Waals surface area contributed by atoms with Gasteiger partial charge >= 0.3 is 0 Å². The third-order valence-electron chi connectivity index (χ3n) is 8.06. The Morgan fingerprint density at radius 2 is 1.79 bits per heavy atom. The SMILES string of the molecule is C=CCc1cccc(C2C3=CCC4C(=O)N(C)C(=O)C4C3CC3(Cl)C(=O)N(C)C(=O)C23Cl)c1O. The Balaban J connectivity index is 1.77. The molecular weight excluding hydrogens is 479 g/mol. The van der Waals surface area contributed by atoms with Crippen molar-refractivity contribution in [3.8, 4) is 5.75 Å². The number of fused-ring (bicyclic) bond motifs is 4. The molecule has 3 fully saturated rings. The highest BCUT2D eigenvalue weighted by atomic mass is 35.5. The van der Waals surface area contributed by atoms with E-state index in [-0.39, 0.29) is 24.0 Å². The smallest absolute Gasteiger partial charge is 0.253 e. The topological polar surface area (TPSA) is 95.0 Å². The van der Waals surface area contributed by atoms with Gasteiger partial charge in [-0.15, -0.1) is 29.8 Å². The third-order valence-corrected chi connectivity index (χ3v) is 9.47. The summed E-state index contributed by atoms with van der Waals surface area (Å²) in [6.45, 7) is 3.72. The van der Waals surface area contributed by atoms with Crippen LogP contribution in [0.4, 0.5) is 0 Å². The Hall–Kier alpha value is -2.64. The summed E-state index contributed by atoms with van der Waals surface area (Å²) in [5.41, 5.74) is 1.60. The summed E-state index contributed by atoms with van der Waals surface area (Å²) < 4.78 is 0. The van der Waals surface area contributed by atoms with Crippen molar-refractivity contribution >= 4 is 46.8 Å². The van der Waals surface area contributed by atoms with Crippen molar-refractivity contribution in [3.63, 3.8) is 0 Å². The number of benzene rings is 1. The van der Waals surface area contributed by atoms with Gasteiger partial charge < -0.3 is 5.11 Å². The number of para-hydroxylation sites is 1. The van der Waals surface area contributed by atoms with Crippen LogP contribution < -0.4 is 0 Å². The first-order valence-electron chi connectivity index (χ1n) is 11.1. The van der Waals surface area contributed by atoms with Crippen LogP contribution in [-0.2, 0) is 25.6 Å². The minimum Gasteiger partial charge on any atom is -0.507 e. The summed E-state index contributed by atoms with van der Waals surface area (Å²) in [7, 11) is 2.79. The van der Waals surface area contributed by atoms with Gasteiger partial charge in [0.2, 0.25) is 11.8 Å². The van der Waals surface area contributed by atoms with Gasteiger partial charge in [0.15, 0.2) is 9.75 Å². The maximum atomic E-state index is 13.5. The number of halogens is 2. The maximum absolute atomic E-state index is 13.5. The van der Waals surface area contributed by atoms with Gasteiger partial charge in [0.1, 0.15) is 5.75 Å². The standard InChI is InChI=1S/C25H24Cl2N2O5/c1-4-6-12-7-5-8-15(19(12)30)18-13-9-10-14-17(21(32)28(2)20(14)31)16(13)11-24(26)22(33)29(3)23(34)25(18,24)27/h4-5,7-9,14,16-18,30H,1,6,10-11H2,2-3H3. The Labute approximate surface area is 207 Å². The number of phenols is 1. The number of carbonyl (C=O) groups excluding carboxylic acids is 4. The van der Waals surface area contributed by atoms with Crippen molar-refractivity contribution < 1.29 is 24.3 Å². The molecule has 2 aliphatic heterocycles. The Kier molecular flexibility index (Phi) is 5.05. The number of hydrogen-bond acceptors (Lipinski definition) is 5. The highest BCUT2D eigenvalue weighted by molar-refractivity contribution is 6.53. The molecule has 34 heavy (non-hydrogen) atoms. The quantitative estimate of drug-likeness (QED) is 0.389. The van der Waals surface area contributed by atoms with Crippen LogP contribution in [0.3, 0.4) is 0 Å². The fraction of sp³-hybridized carbons (Fsp3) is 0.440. The van der Waals surface area contributed by atoms with E-state index < -0.39 is 45.2 Å². The van der Waals surface area contributed by atoms with Crippen LogP contribution in [0.25, 0.3) is 0 Å². The molecule has 2 aliphatic carbocycles. The minimum absolute atomic E-state index is 0.0591. The van der Waals surface area contributed by atoms with Crippen LogP contribution in [-0.4, -0.2) is 62.4 Å². The van der Waals surface area contributed by atoms with E-state index in [4.69, 9.17) is 23.2 Å². The number of aromatic hydroxyl groups is 1. The highest BCUT2D eigenvalue weighted by Gasteiger charge is 2.76. The fourth-order valence-electron chi connectivity index (χ4n) is 6.41. The molecular formula is C25H24Cl2N2O5. The van der Waals surface area contributed by atoms with E-state index in [0.29, 0.717) is 29.5 Å². The van der Waals surface area contributed by atoms with Crippen LogP contribution in [0, 0.1) is 17.8 Å². The lowest BCUT2D eigenvalue weighted by molar-refractivity contribution is -0.140. The third kappa shape index (κ3) is 2.60. The largest absolute Gasteiger partial charge is 0.507 e. The molecule has 2 saturated heterocycles. The van der Waals surface area contributed by atoms with Crippen molar-refractivity contribution in [2.75, 3.05) is 14.1 Å². The lowest BCUT2D eigenvalue weighted by atomic mass is 9.56. The molecule has 4 amide bonds. The van der Waals surface area contributed by atoms with E-state index in [2.05, 4.69) is 6.58 Å². The number of carbonyl (C=O) groups is 4. The molecule has 1 aromatic rings. The molecule has 1 aromatic carbocycles. The molecule has 1 N–H and O–H groups in total. The molecule has 178 valence electrons. The molecule has 6 atom stereocenters. The molecule has 0 radical (unpaired) electrons. The molecule has 0 aromatic heterocycles. The first kappa shape index (κ1) is 23.1. The van der Waals surface area contributed by atoms with Crippen LogP contribution in [0.2, 0.25) is 0 Å². The van der Waals surface area contributed by atoms with Crippen LogP contribution in [0.1, 0.15) is 29.9 Å². The summed E-state index contributed by atoms with van der Waals surface area (Å²) in [5, 5.41) is 11.2. The Bertz CT molecular complexity index is 1210. The predicted octanol–water partition coefficient (Wildman–Crippen LogP) is 2.74. The molecule has 0 spiro atoms. The van der Waals surface area contributed by atoms with Crippen LogP contribution in [0.15, 0.2) is 42.5 Å². The fourth-order valence-corrected chi connectivity index (χ4v) is 7.42. The van der Waals surface area contributed by atoms with Crippen LogP contribution >= 0.6 is 23.2 Å². The summed E-state index contributed by atoms with van der Waals surface area (Å²) in [6.07, 6.45) is 4.11. The summed E-state index contributed by atoms with van der Waals surface area (Å²) in [6, 6.07) is 5.14. The molecule has 1 saturated carbocycles. The predicted molar refractivity (Wildman–Crippen MR) is 125 cm³/mol. The first-order valence-corrected chi connectivity index (χ1v) is 11.9. The van der Waals surface area contributed by atoms with E-state index in [0.717, 1.165) is 9.80 Å². The van der Waals surface area contributed by atoms with E-state index >= 15 is 0 Å². The lowest BCUT2D eigenvalue weighted by Gasteiger charge is -2.50. The number of rotatable bonds is 3. The molecule has 9 heteroatoms. The van der Waals surface area contributed by atoms with Crippen molar-refractivity contribution in [2.24, 2.45) is 17.8 Å². The first-order chi connectivity index (χ1) is 16.0. The number of hydrogen-bond donors (Lipinski definition) is 1. The average molecular weight is 503 g/mol. The summed E-state index contributed by atoms with van der Waals surface area (Å²) in [4.78, 5) is 51.0. The zero-order valence-electron chi connectivity index (χ0n) is 18.8. The van der Waals surface area contributed by atoms with Crippen molar-refractivity contribution in [1.82, 2.24) is 9.80 Å². The summed E-state index contributed by atoms with van der Waals surface area (Å²) >= 11 is 14.1. The number of phenolic OH excluding ortho intramolecular Hbond substituents is 1. The number of allylic oxidation sites excluding steroid dienone is 3. The second-order valence-corrected chi connectivity index (χ2v) is 10.8. The molecule has 6 unspecified atom stereocenters. The van der Waals surface area contributed by atoms with E-state index in [9.17, 15) is 24.3 Å². The number of imide groups is 2. The number of nitrogens with zero attached hydrogens (tertiary/aromatic N) is 2. The molecule has 4 aliphatic rings. The number of amides is 4. The van der Waals surface area contributed by atoms with Crippen molar-refractivity contribution in [2.45, 2.75) is 34.9 Å². The van der Waals surface area contributed by atoms with Gasteiger partial charge in [-0.3, -0.25) is 29.0 Å². The van der Waals surface area contributed by atoms with Gasteiger partial charge in [-0.2, -0.15) is 0 Å². The Morgan fingerprint density at radius 1 is 1.09 bits per heavy atom. The van der Waals surface area contributed by atoms with Gasteiger partial charge in [0.05, 0.1) is 11.8 Å². The zero-order chi connectivity index (χ0) is 24.7. The van der Waals surface area contributed by atoms with Gasteiger partial charge in [-0.25, -0.2) is 0 Å². The van der Waals surface area contributed by atoms with E-state index in [1.54, 1.807) is 24.3 Å². The van der Waals surface area contributed by atoms with E-state index in [1.807, 2.05) is 6.08 Å². The average Bonchev–Trinajstić information content (AvgIpc) is 3.11. The zero-order valence-corrected chi connectivity index (χ0v) is 20.3. The lowest BCUT2D eigenvalue weighted by Crippen LogP contribution is -2.60. The second kappa shape index (κ2) is 7.43. The van der Waals surface area contributed by atoms with Crippen molar-refractivity contribution in [1.29, 1.82) is 0 Å². The second-order valence-electron chi connectivity index (χ2n) is 9.58. The Morgan fingerprint density at radius 3 is 2.47 bits per heavy atom. The monoisotopic (exact) mass is 502 g/mol. The summed E-state index contributed by atoms with van der Waals surface area (Å²) in [5.74, 6) is -4.77. The molecule has 7 nitrogen and oxygen atoms in total. The van der Waals surface area contributed by atoms with Gasteiger partial charge in [0, 0.05) is 25.6 Å². The maximum Gasteiger partial charge on any atom is 0.253 e. The van der Waals surface area contributed by atoms with Gasteiger partial charge in [-0.1, -0.05) is 35.9 Å². The molecule has 0 bridgehead atoms. The van der Waals surface area contributed by atoms with Crippen molar-refractivity contribution in [3.05, 3.63) is 53.6 Å². The van der Waals surface area contributed by atoms with Gasteiger partial charge in [-0.05, 0) is 30.7 Å². The van der Waals surface area contributed by atoms with E-state index in [1.165, 1.54) is 14.1 Å². The number of alkyl halides is 2. The molecule has 5 rings (SSSR count). The normalized spacial score (nSPS) is 36.9. The van der Waals surface area contributed by atoms with Crippen LogP contribution in [0.5, 0.6) is 5.75 Å². The molecule has 2 heterocycles. The minimum atomic E-state index is -1.91. The number of likely N-dealkylation sites (tertiary alicyclic amines) is 2.